The second kappa shape index (κ2) is 5.43. The SMILES string of the molecule is [2H]C(OC(C)=O)C([2H])(C)C([2H])c1ccccc1. The molecule has 1 aromatic rings. The molecule has 0 saturated heterocycles. The summed E-state index contributed by atoms with van der Waals surface area (Å²) in [6.45, 7) is 1.25. The van der Waals surface area contributed by atoms with Crippen LogP contribution in [0.25, 0.3) is 0 Å². The fourth-order valence-electron chi connectivity index (χ4n) is 1.02. The zero-order valence-corrected chi connectivity index (χ0v) is 8.36. The van der Waals surface area contributed by atoms with E-state index in [1.165, 1.54) is 13.8 Å². The van der Waals surface area contributed by atoms with Crippen LogP contribution in [0, 0.1) is 5.89 Å². The van der Waals surface area contributed by atoms with Gasteiger partial charge in [-0.1, -0.05) is 37.3 Å². The summed E-state index contributed by atoms with van der Waals surface area (Å²) in [5.41, 5.74) is 0.634. The van der Waals surface area contributed by atoms with Crippen molar-refractivity contribution in [3.8, 4) is 0 Å². The van der Waals surface area contributed by atoms with E-state index in [4.69, 9.17) is 4.11 Å². The van der Waals surface area contributed by atoms with Crippen LogP contribution in [0.5, 0.6) is 0 Å². The Kier molecular flexibility index (Phi) is 2.73. The van der Waals surface area contributed by atoms with Gasteiger partial charge in [-0.2, -0.15) is 0 Å². The van der Waals surface area contributed by atoms with Gasteiger partial charge in [0, 0.05) is 9.67 Å². The van der Waals surface area contributed by atoms with Crippen molar-refractivity contribution >= 4 is 5.97 Å². The summed E-state index contributed by atoms with van der Waals surface area (Å²) in [7, 11) is 0. The second-order valence-electron chi connectivity index (χ2n) is 3.03. The first-order chi connectivity index (χ1) is 7.85. The lowest BCUT2D eigenvalue weighted by Gasteiger charge is -2.10. The third-order valence-corrected chi connectivity index (χ3v) is 1.60. The number of hydrogen-bond donors (Lipinski definition) is 0. The van der Waals surface area contributed by atoms with Crippen molar-refractivity contribution in [2.45, 2.75) is 20.2 Å². The van der Waals surface area contributed by atoms with Gasteiger partial charge in [-0.15, -0.1) is 0 Å². The van der Waals surface area contributed by atoms with E-state index < -0.39 is 24.8 Å². The van der Waals surface area contributed by atoms with E-state index in [2.05, 4.69) is 4.74 Å². The van der Waals surface area contributed by atoms with Crippen molar-refractivity contribution in [1.29, 1.82) is 0 Å². The highest BCUT2D eigenvalue weighted by atomic mass is 16.5. The third kappa shape index (κ3) is 4.08. The van der Waals surface area contributed by atoms with Gasteiger partial charge in [-0.3, -0.25) is 4.79 Å². The molecule has 1 aromatic carbocycles. The van der Waals surface area contributed by atoms with Crippen LogP contribution in [0.2, 0.25) is 0 Å². The molecule has 0 amide bonds. The van der Waals surface area contributed by atoms with Crippen molar-refractivity contribution in [3.05, 3.63) is 35.9 Å². The molecule has 14 heavy (non-hydrogen) atoms. The van der Waals surface area contributed by atoms with Crippen molar-refractivity contribution < 1.29 is 13.6 Å². The van der Waals surface area contributed by atoms with Gasteiger partial charge in [0.25, 0.3) is 0 Å². The minimum Gasteiger partial charge on any atom is -0.466 e. The smallest absolute Gasteiger partial charge is 0.302 e. The van der Waals surface area contributed by atoms with Crippen LogP contribution in [0.4, 0.5) is 0 Å². The summed E-state index contributed by atoms with van der Waals surface area (Å²) >= 11 is 0. The van der Waals surface area contributed by atoms with Gasteiger partial charge in [0.05, 0.1) is 7.95 Å². The first kappa shape index (κ1) is 7.04. The van der Waals surface area contributed by atoms with Gasteiger partial charge < -0.3 is 4.74 Å². The average molecular weight is 195 g/mol. The summed E-state index contributed by atoms with van der Waals surface area (Å²) in [6.07, 6.45) is -0.939. The number of rotatable bonds is 4. The van der Waals surface area contributed by atoms with Gasteiger partial charge in [0.2, 0.25) is 0 Å². The second-order valence-corrected chi connectivity index (χ2v) is 3.03. The van der Waals surface area contributed by atoms with Crippen molar-refractivity contribution in [2.24, 2.45) is 5.89 Å². The number of ether oxygens (including phenoxy) is 1. The largest absolute Gasteiger partial charge is 0.466 e. The predicted octanol–water partition coefficient (Wildman–Crippen LogP) is 2.43. The van der Waals surface area contributed by atoms with E-state index in [0.717, 1.165) is 0 Å². The Morgan fingerprint density at radius 3 is 2.79 bits per heavy atom. The molecule has 0 fully saturated rings. The Bertz CT molecular complexity index is 379. The Balaban J connectivity index is 2.86. The van der Waals surface area contributed by atoms with Gasteiger partial charge in [-0.25, -0.2) is 0 Å². The molecule has 0 bridgehead atoms. The molecule has 0 aliphatic carbocycles. The maximum absolute atomic E-state index is 10.8. The van der Waals surface area contributed by atoms with E-state index in [1.54, 1.807) is 24.3 Å². The van der Waals surface area contributed by atoms with Crippen molar-refractivity contribution in [3.63, 3.8) is 0 Å². The van der Waals surface area contributed by atoms with E-state index in [0.29, 0.717) is 5.56 Å². The standard InChI is InChI=1S/C12H16O2/c1-10(9-14-11(2)13)8-12-6-4-3-5-7-12/h3-7,10H,8-9H2,1-2H3/i8D,9D,10D. The maximum atomic E-state index is 10.8. The highest BCUT2D eigenvalue weighted by molar-refractivity contribution is 5.65. The molecule has 0 spiro atoms. The van der Waals surface area contributed by atoms with Crippen LogP contribution >= 0.6 is 0 Å². The molecule has 0 aliphatic rings. The number of carbonyl (C=O) groups excluding carboxylic acids is 1. The molecule has 0 heterocycles. The van der Waals surface area contributed by atoms with Gasteiger partial charge in [0.1, 0.15) is 0 Å². The van der Waals surface area contributed by atoms with Gasteiger partial charge in [-0.05, 0) is 17.9 Å². The number of benzene rings is 1. The first-order valence-corrected chi connectivity index (χ1v) is 4.42. The van der Waals surface area contributed by atoms with E-state index in [-0.39, 0.29) is 0 Å². The Morgan fingerprint density at radius 2 is 2.21 bits per heavy atom. The lowest BCUT2D eigenvalue weighted by atomic mass is 10.0. The summed E-state index contributed by atoms with van der Waals surface area (Å²) < 4.78 is 28.3. The summed E-state index contributed by atoms with van der Waals surface area (Å²) in [4.78, 5) is 10.8. The summed E-state index contributed by atoms with van der Waals surface area (Å²) in [5.74, 6) is -2.11. The molecule has 0 N–H and O–H groups in total. The summed E-state index contributed by atoms with van der Waals surface area (Å²) in [5, 5.41) is 0. The first-order valence-electron chi connectivity index (χ1n) is 6.08. The topological polar surface area (TPSA) is 26.3 Å². The summed E-state index contributed by atoms with van der Waals surface area (Å²) in [6, 6.07) is 8.83. The van der Waals surface area contributed by atoms with Crippen LogP contribution in [0.1, 0.15) is 23.5 Å². The molecule has 0 radical (unpaired) electrons. The molecule has 2 heteroatoms. The van der Waals surface area contributed by atoms with E-state index in [1.807, 2.05) is 6.07 Å². The predicted molar refractivity (Wildman–Crippen MR) is 55.9 cm³/mol. The van der Waals surface area contributed by atoms with Crippen LogP contribution in [-0.2, 0) is 15.9 Å². The molecular formula is C12H16O2. The quantitative estimate of drug-likeness (QED) is 0.690. The van der Waals surface area contributed by atoms with Crippen LogP contribution in [0.3, 0.4) is 0 Å². The molecule has 0 saturated carbocycles. The van der Waals surface area contributed by atoms with Gasteiger partial charge >= 0.3 is 5.97 Å². The lowest BCUT2D eigenvalue weighted by molar-refractivity contribution is -0.142. The highest BCUT2D eigenvalue weighted by Gasteiger charge is 2.04. The zero-order valence-electron chi connectivity index (χ0n) is 11.4. The minimum absolute atomic E-state index is 0.608. The normalized spacial score (nSPS) is 22.0. The molecule has 3 unspecified atom stereocenters. The Labute approximate surface area is 89.1 Å². The Morgan fingerprint density at radius 1 is 1.57 bits per heavy atom. The monoisotopic (exact) mass is 195 g/mol. The Hall–Kier alpha value is -1.31. The molecule has 2 nitrogen and oxygen atoms in total. The van der Waals surface area contributed by atoms with E-state index >= 15 is 0 Å². The molecule has 1 rings (SSSR count). The van der Waals surface area contributed by atoms with Crippen LogP contribution in [0.15, 0.2) is 30.3 Å². The molecule has 0 aliphatic heterocycles. The number of carbonyl (C=O) groups is 1. The maximum Gasteiger partial charge on any atom is 0.302 e. The van der Waals surface area contributed by atoms with Crippen molar-refractivity contribution in [2.75, 3.05) is 6.58 Å². The van der Waals surface area contributed by atoms with E-state index in [9.17, 15) is 4.79 Å². The fraction of sp³-hybridized carbons (Fsp3) is 0.417. The molecular weight excluding hydrogens is 176 g/mol. The van der Waals surface area contributed by atoms with Gasteiger partial charge in [0.15, 0.2) is 0 Å². The third-order valence-electron chi connectivity index (χ3n) is 1.60. The van der Waals surface area contributed by atoms with Crippen LogP contribution < -0.4 is 0 Å². The zero-order chi connectivity index (χ0) is 13.1. The molecule has 3 atom stereocenters. The number of esters is 1. The average Bonchev–Trinajstić information content (AvgIpc) is 2.28. The number of hydrogen-bond acceptors (Lipinski definition) is 2. The van der Waals surface area contributed by atoms with Crippen molar-refractivity contribution in [1.82, 2.24) is 0 Å². The minimum atomic E-state index is -1.51. The molecule has 0 aromatic heterocycles. The highest BCUT2D eigenvalue weighted by Crippen LogP contribution is 2.08. The van der Waals surface area contributed by atoms with Crippen LogP contribution in [-0.4, -0.2) is 12.6 Å². The fourth-order valence-corrected chi connectivity index (χ4v) is 1.02. The lowest BCUT2D eigenvalue weighted by Crippen LogP contribution is -2.11. The molecule has 76 valence electrons.